The highest BCUT2D eigenvalue weighted by atomic mass is 35.5. The maximum absolute atomic E-state index is 12.8. The number of nitrogens with zero attached hydrogens (tertiary/aromatic N) is 2. The van der Waals surface area contributed by atoms with Gasteiger partial charge >= 0.3 is 0 Å². The lowest BCUT2D eigenvalue weighted by Crippen LogP contribution is -3.28. The molecular weight excluding hydrogens is 376 g/mol. The first-order valence-corrected chi connectivity index (χ1v) is 10.1. The van der Waals surface area contributed by atoms with E-state index in [1.165, 1.54) is 15.4 Å². The van der Waals surface area contributed by atoms with Crippen molar-refractivity contribution in [2.75, 3.05) is 39.3 Å². The lowest BCUT2D eigenvalue weighted by atomic mass is 10.2. The zero-order valence-corrected chi connectivity index (χ0v) is 16.8. The predicted octanol–water partition coefficient (Wildman–Crippen LogP) is 0.159. The Hall–Kier alpha value is -2.33. The van der Waals surface area contributed by atoms with E-state index in [1.807, 2.05) is 30.3 Å². The second-order valence-electron chi connectivity index (χ2n) is 7.29. The Kier molecular flexibility index (Phi) is 7.49. The Morgan fingerprint density at radius 3 is 2.64 bits per heavy atom. The van der Waals surface area contributed by atoms with Crippen molar-refractivity contribution in [1.29, 1.82) is 5.26 Å². The zero-order chi connectivity index (χ0) is 19.8. The molecule has 0 spiro atoms. The minimum Gasteiger partial charge on any atom is -0.467 e. The maximum atomic E-state index is 12.8. The molecule has 1 saturated heterocycles. The fourth-order valence-electron chi connectivity index (χ4n) is 3.64. The summed E-state index contributed by atoms with van der Waals surface area (Å²) in [7, 11) is 0. The second-order valence-corrected chi connectivity index (χ2v) is 7.72. The molecule has 0 unspecified atom stereocenters. The van der Waals surface area contributed by atoms with Crippen molar-refractivity contribution in [3.05, 3.63) is 59.0 Å². The van der Waals surface area contributed by atoms with Gasteiger partial charge in [-0.15, -0.1) is 0 Å². The molecule has 0 bridgehead atoms. The number of hydrogen-bond acceptors (Lipinski definition) is 3. The van der Waals surface area contributed by atoms with E-state index in [0.29, 0.717) is 26.1 Å². The van der Waals surface area contributed by atoms with Crippen LogP contribution in [-0.2, 0) is 17.9 Å². The lowest BCUT2D eigenvalue weighted by molar-refractivity contribution is -1.02. The summed E-state index contributed by atoms with van der Waals surface area (Å²) in [6, 6.07) is 13.8. The lowest BCUT2D eigenvalue weighted by Gasteiger charge is -2.30. The number of nitrogens with one attached hydrogen (secondary N) is 2. The third kappa shape index (κ3) is 6.10. The number of furan rings is 1. The summed E-state index contributed by atoms with van der Waals surface area (Å²) in [6.45, 7) is 6.30. The molecule has 6 nitrogen and oxygen atoms in total. The highest BCUT2D eigenvalue weighted by molar-refractivity contribution is 6.30. The van der Waals surface area contributed by atoms with E-state index in [4.69, 9.17) is 21.3 Å². The molecular formula is C21H27ClN4O2+2. The fourth-order valence-corrected chi connectivity index (χ4v) is 3.85. The summed E-state index contributed by atoms with van der Waals surface area (Å²) in [5.74, 6) is 0.831. The SMILES string of the molecule is N#CCCN(Cc1ccco1)C(=O)C[NH+]1CC[NH+](Cc2cccc(Cl)c2)CC1. The van der Waals surface area contributed by atoms with Crippen molar-refractivity contribution in [3.63, 3.8) is 0 Å². The average Bonchev–Trinajstić information content (AvgIpc) is 3.20. The summed E-state index contributed by atoms with van der Waals surface area (Å²) >= 11 is 6.08. The molecule has 1 aromatic carbocycles. The molecule has 1 amide bonds. The Labute approximate surface area is 170 Å². The van der Waals surface area contributed by atoms with Crippen molar-refractivity contribution >= 4 is 17.5 Å². The number of quaternary nitrogens is 2. The molecule has 3 rings (SSSR count). The van der Waals surface area contributed by atoms with Gasteiger partial charge in [0.05, 0.1) is 25.3 Å². The van der Waals surface area contributed by atoms with E-state index in [1.54, 1.807) is 11.2 Å². The van der Waals surface area contributed by atoms with E-state index in [2.05, 4.69) is 12.1 Å². The summed E-state index contributed by atoms with van der Waals surface area (Å²) in [5.41, 5.74) is 1.25. The topological polar surface area (TPSA) is 66.1 Å². The van der Waals surface area contributed by atoms with E-state index in [9.17, 15) is 4.79 Å². The molecule has 7 heteroatoms. The Morgan fingerprint density at radius 2 is 1.96 bits per heavy atom. The fraction of sp³-hybridized carbons (Fsp3) is 0.429. The number of carbonyl (C=O) groups excluding carboxylic acids is 1. The molecule has 2 heterocycles. The van der Waals surface area contributed by atoms with Crippen LogP contribution in [0.2, 0.25) is 5.02 Å². The molecule has 0 saturated carbocycles. The van der Waals surface area contributed by atoms with Gasteiger partial charge in [-0.25, -0.2) is 0 Å². The summed E-state index contributed by atoms with van der Waals surface area (Å²) in [6.07, 6.45) is 1.94. The number of benzene rings is 1. The molecule has 1 aromatic heterocycles. The molecule has 2 N–H and O–H groups in total. The molecule has 1 aliphatic rings. The average molecular weight is 403 g/mol. The maximum Gasteiger partial charge on any atom is 0.278 e. The summed E-state index contributed by atoms with van der Waals surface area (Å²) in [5, 5.41) is 9.66. The first-order chi connectivity index (χ1) is 13.6. The van der Waals surface area contributed by atoms with Gasteiger partial charge in [0, 0.05) is 17.1 Å². The van der Waals surface area contributed by atoms with Gasteiger partial charge in [-0.1, -0.05) is 23.7 Å². The van der Waals surface area contributed by atoms with Crippen molar-refractivity contribution in [1.82, 2.24) is 4.90 Å². The monoisotopic (exact) mass is 402 g/mol. The first-order valence-electron chi connectivity index (χ1n) is 9.72. The number of piperazine rings is 1. The highest BCUT2D eigenvalue weighted by Gasteiger charge is 2.27. The largest absolute Gasteiger partial charge is 0.467 e. The van der Waals surface area contributed by atoms with E-state index in [-0.39, 0.29) is 5.91 Å². The van der Waals surface area contributed by atoms with E-state index >= 15 is 0 Å². The van der Waals surface area contributed by atoms with Crippen LogP contribution in [0.3, 0.4) is 0 Å². The summed E-state index contributed by atoms with van der Waals surface area (Å²) < 4.78 is 5.37. The van der Waals surface area contributed by atoms with Gasteiger partial charge in [0.15, 0.2) is 6.54 Å². The number of nitriles is 1. The van der Waals surface area contributed by atoms with E-state index in [0.717, 1.165) is 43.5 Å². The third-order valence-corrected chi connectivity index (χ3v) is 5.42. The van der Waals surface area contributed by atoms with Gasteiger partial charge in [-0.2, -0.15) is 5.26 Å². The van der Waals surface area contributed by atoms with Gasteiger partial charge in [-0.3, -0.25) is 4.79 Å². The van der Waals surface area contributed by atoms with Crippen molar-refractivity contribution in [3.8, 4) is 6.07 Å². The van der Waals surface area contributed by atoms with Gasteiger partial charge < -0.3 is 19.1 Å². The van der Waals surface area contributed by atoms with Crippen LogP contribution in [-0.4, -0.2) is 50.1 Å². The molecule has 1 fully saturated rings. The Morgan fingerprint density at radius 1 is 1.18 bits per heavy atom. The van der Waals surface area contributed by atoms with Crippen LogP contribution in [0.1, 0.15) is 17.7 Å². The molecule has 148 valence electrons. The molecule has 0 atom stereocenters. The van der Waals surface area contributed by atoms with Crippen LogP contribution in [0.15, 0.2) is 47.1 Å². The number of rotatable bonds is 8. The molecule has 2 aromatic rings. The molecule has 0 radical (unpaired) electrons. The van der Waals surface area contributed by atoms with Crippen molar-refractivity contribution in [2.24, 2.45) is 0 Å². The second kappa shape index (κ2) is 10.3. The standard InChI is InChI=1S/C21H25ClN4O2/c22-19-5-1-4-18(14-19)15-24-9-11-25(12-10-24)17-21(27)26(8-3-7-23)16-20-6-2-13-28-20/h1-2,4-6,13-14H,3,8-12,15-17H2/p+2. The van der Waals surface area contributed by atoms with Crippen molar-refractivity contribution in [2.45, 2.75) is 19.5 Å². The Bertz CT molecular complexity index is 795. The van der Waals surface area contributed by atoms with Crippen LogP contribution in [0.25, 0.3) is 0 Å². The van der Waals surface area contributed by atoms with Crippen LogP contribution in [0.5, 0.6) is 0 Å². The normalized spacial score (nSPS) is 19.1. The zero-order valence-electron chi connectivity index (χ0n) is 16.0. The van der Waals surface area contributed by atoms with Crippen LogP contribution in [0.4, 0.5) is 0 Å². The van der Waals surface area contributed by atoms with Crippen LogP contribution >= 0.6 is 11.6 Å². The van der Waals surface area contributed by atoms with Gasteiger partial charge in [0.25, 0.3) is 5.91 Å². The first kappa shape index (κ1) is 20.4. The minimum absolute atomic E-state index is 0.0833. The van der Waals surface area contributed by atoms with Crippen molar-refractivity contribution < 1.29 is 19.0 Å². The number of amides is 1. The smallest absolute Gasteiger partial charge is 0.278 e. The quantitative estimate of drug-likeness (QED) is 0.661. The highest BCUT2D eigenvalue weighted by Crippen LogP contribution is 2.09. The predicted molar refractivity (Wildman–Crippen MR) is 106 cm³/mol. The molecule has 0 aliphatic carbocycles. The number of carbonyl (C=O) groups is 1. The van der Waals surface area contributed by atoms with Crippen LogP contribution < -0.4 is 9.80 Å². The number of hydrogen-bond donors (Lipinski definition) is 2. The van der Waals surface area contributed by atoms with Gasteiger partial charge in [0.1, 0.15) is 38.5 Å². The number of halogens is 1. The van der Waals surface area contributed by atoms with Gasteiger partial charge in [0.2, 0.25) is 0 Å². The van der Waals surface area contributed by atoms with Crippen LogP contribution in [0, 0.1) is 11.3 Å². The molecule has 1 aliphatic heterocycles. The Balaban J connectivity index is 1.48. The summed E-state index contributed by atoms with van der Waals surface area (Å²) in [4.78, 5) is 17.4. The minimum atomic E-state index is 0.0833. The van der Waals surface area contributed by atoms with E-state index < -0.39 is 0 Å². The van der Waals surface area contributed by atoms with Gasteiger partial charge in [-0.05, 0) is 24.3 Å². The third-order valence-electron chi connectivity index (χ3n) is 5.18. The molecule has 28 heavy (non-hydrogen) atoms.